The molecule has 0 aromatic rings. The molecule has 4 rings (SSSR count). The Balaban J connectivity index is 2.02. The SMILES string of the molecule is C=C1CC(O)C2OC3(C(C)C(=O)OC3C1Cl)C(OC(=O)CC(=O)OC)C1C(C)(OC(C)=O)C(=O)C=CC21C. The number of halogens is 1. The fourth-order valence-corrected chi connectivity index (χ4v) is 6.93. The molecule has 2 bridgehead atoms. The van der Waals surface area contributed by atoms with E-state index in [1.807, 2.05) is 0 Å². The molecule has 3 aliphatic heterocycles. The Bertz CT molecular complexity index is 1130. The van der Waals surface area contributed by atoms with Crippen LogP contribution in [0, 0.1) is 17.3 Å². The molecule has 11 nitrogen and oxygen atoms in total. The molecule has 3 fully saturated rings. The van der Waals surface area contributed by atoms with Crippen molar-refractivity contribution >= 4 is 41.3 Å². The van der Waals surface area contributed by atoms with E-state index in [-0.39, 0.29) is 6.42 Å². The molecule has 1 aliphatic carbocycles. The number of ether oxygens (including phenoxy) is 5. The van der Waals surface area contributed by atoms with Crippen LogP contribution in [0.1, 0.15) is 40.5 Å². The van der Waals surface area contributed by atoms with E-state index in [1.165, 1.54) is 26.0 Å². The van der Waals surface area contributed by atoms with Gasteiger partial charge in [-0.1, -0.05) is 25.2 Å². The summed E-state index contributed by atoms with van der Waals surface area (Å²) in [5, 5.41) is 10.3. The van der Waals surface area contributed by atoms with Crippen LogP contribution in [-0.4, -0.2) is 82.9 Å². The Morgan fingerprint density at radius 3 is 2.47 bits per heavy atom. The molecule has 0 aromatic carbocycles. The molecule has 1 spiro atoms. The quantitative estimate of drug-likeness (QED) is 0.175. The first-order valence-electron chi connectivity index (χ1n) is 12.2. The van der Waals surface area contributed by atoms with Crippen LogP contribution in [0.15, 0.2) is 24.3 Å². The fourth-order valence-electron chi connectivity index (χ4n) is 6.59. The lowest BCUT2D eigenvalue weighted by atomic mass is 9.52. The average molecular weight is 555 g/mol. The molecule has 4 aliphatic rings. The van der Waals surface area contributed by atoms with Crippen molar-refractivity contribution in [1.82, 2.24) is 0 Å². The second kappa shape index (κ2) is 9.46. The molecule has 1 N–H and O–H groups in total. The zero-order valence-corrected chi connectivity index (χ0v) is 22.5. The van der Waals surface area contributed by atoms with Crippen LogP contribution >= 0.6 is 11.6 Å². The number of esters is 4. The lowest BCUT2D eigenvalue weighted by Gasteiger charge is -2.63. The van der Waals surface area contributed by atoms with E-state index in [1.54, 1.807) is 6.92 Å². The summed E-state index contributed by atoms with van der Waals surface area (Å²) in [4.78, 5) is 63.7. The highest BCUT2D eigenvalue weighted by Gasteiger charge is 2.77. The van der Waals surface area contributed by atoms with Gasteiger partial charge in [0.25, 0.3) is 0 Å². The summed E-state index contributed by atoms with van der Waals surface area (Å²) in [5.41, 5.74) is -4.69. The summed E-state index contributed by atoms with van der Waals surface area (Å²) < 4.78 is 28.4. The van der Waals surface area contributed by atoms with Gasteiger partial charge in [0.2, 0.25) is 0 Å². The van der Waals surface area contributed by atoms with Gasteiger partial charge in [-0.2, -0.15) is 0 Å². The molecule has 10 unspecified atom stereocenters. The Kier molecular flexibility index (Phi) is 7.03. The number of fused-ring (bicyclic) bond motifs is 3. The third-order valence-corrected chi connectivity index (χ3v) is 8.90. The van der Waals surface area contributed by atoms with Gasteiger partial charge in [-0.15, -0.1) is 11.6 Å². The molecule has 3 heterocycles. The van der Waals surface area contributed by atoms with Crippen molar-refractivity contribution in [3.05, 3.63) is 24.3 Å². The van der Waals surface area contributed by atoms with E-state index >= 15 is 0 Å². The fraction of sp³-hybridized carbons (Fsp3) is 0.654. The normalized spacial score (nSPS) is 43.7. The minimum atomic E-state index is -1.92. The summed E-state index contributed by atoms with van der Waals surface area (Å²) in [7, 11) is 1.10. The molecular weight excluding hydrogens is 524 g/mol. The van der Waals surface area contributed by atoms with E-state index in [0.29, 0.717) is 5.57 Å². The number of ketones is 1. The molecular formula is C26H31ClO11. The van der Waals surface area contributed by atoms with Crippen LogP contribution in [0.5, 0.6) is 0 Å². The predicted octanol–water partition coefficient (Wildman–Crippen LogP) is 1.17. The Labute approximate surface area is 224 Å². The van der Waals surface area contributed by atoms with Crippen molar-refractivity contribution in [3.63, 3.8) is 0 Å². The average Bonchev–Trinajstić information content (AvgIpc) is 3.07. The lowest BCUT2D eigenvalue weighted by molar-refractivity contribution is -0.319. The van der Waals surface area contributed by atoms with Crippen LogP contribution in [-0.2, 0) is 47.7 Å². The van der Waals surface area contributed by atoms with E-state index in [4.69, 9.17) is 30.5 Å². The molecule has 10 atom stereocenters. The van der Waals surface area contributed by atoms with Crippen LogP contribution < -0.4 is 0 Å². The number of hydrogen-bond acceptors (Lipinski definition) is 11. The number of carbonyl (C=O) groups excluding carboxylic acids is 5. The Hall–Kier alpha value is -2.76. The molecule has 12 heteroatoms. The van der Waals surface area contributed by atoms with Crippen molar-refractivity contribution in [3.8, 4) is 0 Å². The molecule has 208 valence electrons. The number of aliphatic hydroxyl groups excluding tert-OH is 1. The van der Waals surface area contributed by atoms with Crippen molar-refractivity contribution in [1.29, 1.82) is 0 Å². The second-order valence-electron chi connectivity index (χ2n) is 10.7. The highest BCUT2D eigenvalue weighted by molar-refractivity contribution is 6.23. The molecule has 0 amide bonds. The highest BCUT2D eigenvalue weighted by atomic mass is 35.5. The first kappa shape index (κ1) is 28.3. The smallest absolute Gasteiger partial charge is 0.317 e. The maximum Gasteiger partial charge on any atom is 0.317 e. The van der Waals surface area contributed by atoms with Gasteiger partial charge in [-0.25, -0.2) is 0 Å². The van der Waals surface area contributed by atoms with Crippen molar-refractivity contribution in [2.75, 3.05) is 7.11 Å². The van der Waals surface area contributed by atoms with Gasteiger partial charge in [0.15, 0.2) is 23.1 Å². The molecule has 38 heavy (non-hydrogen) atoms. The zero-order valence-electron chi connectivity index (χ0n) is 21.7. The van der Waals surface area contributed by atoms with E-state index < -0.39 is 94.3 Å². The van der Waals surface area contributed by atoms with Gasteiger partial charge in [-0.05, 0) is 26.3 Å². The van der Waals surface area contributed by atoms with Crippen molar-refractivity contribution in [2.45, 2.75) is 81.5 Å². The predicted molar refractivity (Wildman–Crippen MR) is 128 cm³/mol. The van der Waals surface area contributed by atoms with Crippen LogP contribution in [0.2, 0.25) is 0 Å². The number of carbonyl (C=O) groups is 5. The number of alkyl halides is 1. The van der Waals surface area contributed by atoms with Gasteiger partial charge in [0, 0.05) is 12.3 Å². The van der Waals surface area contributed by atoms with Gasteiger partial charge >= 0.3 is 23.9 Å². The maximum atomic E-state index is 13.4. The van der Waals surface area contributed by atoms with Gasteiger partial charge in [-0.3, -0.25) is 24.0 Å². The molecule has 0 radical (unpaired) electrons. The van der Waals surface area contributed by atoms with E-state index in [2.05, 4.69) is 11.3 Å². The largest absolute Gasteiger partial charge is 0.469 e. The number of aliphatic hydroxyl groups is 1. The summed E-state index contributed by atoms with van der Waals surface area (Å²) in [5.74, 6) is -6.33. The molecule has 0 aromatic heterocycles. The first-order valence-corrected chi connectivity index (χ1v) is 12.6. The summed E-state index contributed by atoms with van der Waals surface area (Å²) in [6, 6.07) is 0. The minimum absolute atomic E-state index is 0.0154. The summed E-state index contributed by atoms with van der Waals surface area (Å²) >= 11 is 6.73. The van der Waals surface area contributed by atoms with E-state index in [0.717, 1.165) is 14.0 Å². The van der Waals surface area contributed by atoms with Crippen LogP contribution in [0.4, 0.5) is 0 Å². The maximum absolute atomic E-state index is 13.4. The molecule has 3 saturated heterocycles. The second-order valence-corrected chi connectivity index (χ2v) is 11.2. The van der Waals surface area contributed by atoms with Gasteiger partial charge in [0.05, 0.1) is 36.5 Å². The third kappa shape index (κ3) is 3.97. The van der Waals surface area contributed by atoms with Gasteiger partial charge < -0.3 is 28.8 Å². The van der Waals surface area contributed by atoms with Crippen LogP contribution in [0.3, 0.4) is 0 Å². The Morgan fingerprint density at radius 1 is 1.21 bits per heavy atom. The number of rotatable bonds is 4. The topological polar surface area (TPSA) is 152 Å². The minimum Gasteiger partial charge on any atom is -0.469 e. The number of methoxy groups -OCH3 is 1. The summed E-state index contributed by atoms with van der Waals surface area (Å²) in [6.07, 6.45) is -3.12. The van der Waals surface area contributed by atoms with E-state index in [9.17, 15) is 29.1 Å². The summed E-state index contributed by atoms with van der Waals surface area (Å²) in [6.45, 7) is 9.65. The number of hydrogen-bond donors (Lipinski definition) is 1. The molecule has 0 saturated carbocycles. The standard InChI is InChI=1S/C26H31ClO11/c1-11-9-14(29)20-24(4)8-7-15(30)25(5,37-13(3)28)19(24)22(35-17(32)10-16(31)34-6)26(38-20)12(2)23(33)36-21(26)18(11)27/h7-8,12,14,18-22,29H,1,9-10H2,2-6H3. The zero-order chi connectivity index (χ0) is 28.4. The Morgan fingerprint density at radius 2 is 1.87 bits per heavy atom. The van der Waals surface area contributed by atoms with Crippen LogP contribution in [0.25, 0.3) is 0 Å². The van der Waals surface area contributed by atoms with Gasteiger partial charge in [0.1, 0.15) is 12.5 Å². The first-order chi connectivity index (χ1) is 17.6. The lowest BCUT2D eigenvalue weighted by Crippen LogP contribution is -2.77. The highest BCUT2D eigenvalue weighted by Crippen LogP contribution is 2.62. The van der Waals surface area contributed by atoms with Crippen molar-refractivity contribution in [2.24, 2.45) is 17.3 Å². The van der Waals surface area contributed by atoms with Crippen molar-refractivity contribution < 1.29 is 52.8 Å². The monoisotopic (exact) mass is 554 g/mol. The third-order valence-electron chi connectivity index (χ3n) is 8.36.